The summed E-state index contributed by atoms with van der Waals surface area (Å²) in [5, 5.41) is 0. The first-order valence-corrected chi connectivity index (χ1v) is 6.32. The van der Waals surface area contributed by atoms with Gasteiger partial charge in [0.25, 0.3) is 0 Å². The van der Waals surface area contributed by atoms with E-state index in [1.54, 1.807) is 0 Å². The lowest BCUT2D eigenvalue weighted by Gasteiger charge is -2.34. The van der Waals surface area contributed by atoms with Crippen LogP contribution in [0.5, 0.6) is 5.75 Å². The minimum atomic E-state index is -9.67. The molecule has 0 atom stereocenters. The third-order valence-corrected chi connectivity index (χ3v) is 2.31. The topological polar surface area (TPSA) is 21.6 Å². The Hall–Kier alpha value is -1.31. The quantitative estimate of drug-likeness (QED) is 0.584. The second-order valence-electron chi connectivity index (χ2n) is 3.27. The van der Waals surface area contributed by atoms with Crippen LogP contribution in [-0.4, -0.2) is 13.3 Å². The van der Waals surface area contributed by atoms with Crippen molar-refractivity contribution in [2.45, 2.75) is 6.42 Å². The third kappa shape index (κ3) is 6.10. The van der Waals surface area contributed by atoms with Crippen LogP contribution in [0.4, 0.5) is 19.4 Å². The Labute approximate surface area is 95.0 Å². The first-order valence-electron chi connectivity index (χ1n) is 4.41. The minimum Gasteiger partial charge on any atom is -0.497 e. The second-order valence-corrected chi connectivity index (χ2v) is 5.34. The summed E-state index contributed by atoms with van der Waals surface area (Å²) in [7, 11) is -8.24. The van der Waals surface area contributed by atoms with Gasteiger partial charge in [0.15, 0.2) is 0 Å². The van der Waals surface area contributed by atoms with Crippen molar-refractivity contribution >= 4 is 16.6 Å². The molecule has 1 rings (SSSR count). The summed E-state index contributed by atoms with van der Waals surface area (Å²) >= 11 is 0. The molecule has 0 radical (unpaired) electrons. The van der Waals surface area contributed by atoms with Crippen LogP contribution in [-0.2, 0) is 6.42 Å². The number of methoxy groups -OCH3 is 1. The molecule has 0 aliphatic heterocycles. The predicted molar refractivity (Wildman–Crippen MR) is 58.3 cm³/mol. The molecule has 1 aromatic rings. The number of nitrogens with zero attached hydrogens (tertiary/aromatic N) is 1. The third-order valence-electron chi connectivity index (χ3n) is 1.76. The van der Waals surface area contributed by atoms with Gasteiger partial charge in [-0.05, 0) is 17.7 Å². The predicted octanol–water partition coefficient (Wildman–Crippen LogP) is 4.52. The Bertz CT molecular complexity index is 424. The van der Waals surface area contributed by atoms with Gasteiger partial charge in [-0.1, -0.05) is 31.6 Å². The Morgan fingerprint density at radius 2 is 1.65 bits per heavy atom. The molecule has 0 bridgehead atoms. The number of hydrogen-bond acceptors (Lipinski definition) is 2. The van der Waals surface area contributed by atoms with Crippen LogP contribution in [0.25, 0.3) is 0 Å². The molecule has 0 fully saturated rings. The smallest absolute Gasteiger partial charge is 0.381 e. The highest BCUT2D eigenvalue weighted by atomic mass is 32.5. The molecule has 0 saturated heterocycles. The molecule has 0 spiro atoms. The van der Waals surface area contributed by atoms with Gasteiger partial charge in [-0.3, -0.25) is 0 Å². The summed E-state index contributed by atoms with van der Waals surface area (Å²) in [6, 6.07) is 5.97. The van der Waals surface area contributed by atoms with Crippen molar-refractivity contribution in [3.8, 4) is 5.75 Å². The molecule has 1 aromatic carbocycles. The molecule has 17 heavy (non-hydrogen) atoms. The zero-order valence-corrected chi connectivity index (χ0v) is 9.56. The fraction of sp³-hybridized carbons (Fsp3) is 0.222. The monoisotopic (exact) mass is 275 g/mol. The maximum absolute atomic E-state index is 11.8. The Morgan fingerprint density at radius 3 is 2.06 bits per heavy atom. The first kappa shape index (κ1) is 13.8. The fourth-order valence-electron chi connectivity index (χ4n) is 1.05. The molecule has 0 aliphatic rings. The van der Waals surface area contributed by atoms with Crippen LogP contribution in [0.1, 0.15) is 5.56 Å². The SMILES string of the molecule is COc1ccc(C/C=N/S(F)(F)(F)(F)F)cc1. The molecule has 0 heterocycles. The van der Waals surface area contributed by atoms with Crippen molar-refractivity contribution in [1.82, 2.24) is 0 Å². The van der Waals surface area contributed by atoms with Gasteiger partial charge in [0.1, 0.15) is 5.75 Å². The van der Waals surface area contributed by atoms with Crippen LogP contribution < -0.4 is 4.74 Å². The maximum atomic E-state index is 11.8. The minimum absolute atomic E-state index is 0.170. The van der Waals surface area contributed by atoms with Gasteiger partial charge in [0.05, 0.1) is 7.11 Å². The van der Waals surface area contributed by atoms with Crippen molar-refractivity contribution in [2.75, 3.05) is 7.11 Å². The van der Waals surface area contributed by atoms with E-state index in [1.165, 1.54) is 35.8 Å². The normalized spacial score (nSPS) is 16.6. The molecule has 0 amide bonds. The van der Waals surface area contributed by atoms with Crippen LogP contribution in [0, 0.1) is 0 Å². The van der Waals surface area contributed by atoms with E-state index in [0.717, 1.165) is 0 Å². The summed E-state index contributed by atoms with van der Waals surface area (Å²) in [6.07, 6.45) is -0.154. The number of rotatable bonds is 4. The van der Waals surface area contributed by atoms with Crippen LogP contribution in [0.2, 0.25) is 0 Å². The molecule has 0 N–H and O–H groups in total. The van der Waals surface area contributed by atoms with E-state index < -0.39 is 10.4 Å². The maximum Gasteiger partial charge on any atom is 0.381 e. The zero-order chi connectivity index (χ0) is 13.2. The van der Waals surface area contributed by atoms with Crippen molar-refractivity contribution in [3.63, 3.8) is 0 Å². The van der Waals surface area contributed by atoms with Gasteiger partial charge in [0.2, 0.25) is 0 Å². The summed E-state index contributed by atoms with van der Waals surface area (Å²) in [5.74, 6) is 0.526. The van der Waals surface area contributed by atoms with Crippen LogP contribution in [0.3, 0.4) is 0 Å². The first-order chi connectivity index (χ1) is 7.49. The highest BCUT2D eigenvalue weighted by molar-refractivity contribution is 8.44. The average Bonchev–Trinajstić information content (AvgIpc) is 2.15. The number of halogens is 5. The van der Waals surface area contributed by atoms with Gasteiger partial charge in [-0.15, -0.1) is 4.40 Å². The van der Waals surface area contributed by atoms with E-state index in [9.17, 15) is 19.4 Å². The summed E-state index contributed by atoms with van der Waals surface area (Å²) in [6.45, 7) is 0. The standard InChI is InChI=1S/C9H10F5NOS/c1-16-9-4-2-8(3-5-9)6-7-15-17(10,11,12,13)14/h2-5,7H,6H2,1H3/b15-7+. The Kier molecular flexibility index (Phi) is 2.91. The summed E-state index contributed by atoms with van der Waals surface area (Å²) in [5.41, 5.74) is 0.427. The highest BCUT2D eigenvalue weighted by Crippen LogP contribution is 2.98. The number of benzene rings is 1. The van der Waals surface area contributed by atoms with Gasteiger partial charge < -0.3 is 4.74 Å². The Balaban J connectivity index is 2.72. The summed E-state index contributed by atoms with van der Waals surface area (Å²) < 4.78 is 65.4. The van der Waals surface area contributed by atoms with Crippen molar-refractivity contribution < 1.29 is 24.2 Å². The highest BCUT2D eigenvalue weighted by Gasteiger charge is 2.63. The molecule has 0 unspecified atom stereocenters. The van der Waals surface area contributed by atoms with E-state index in [-0.39, 0.29) is 12.6 Å². The van der Waals surface area contributed by atoms with Crippen molar-refractivity contribution in [2.24, 2.45) is 4.40 Å². The zero-order valence-electron chi connectivity index (χ0n) is 8.75. The van der Waals surface area contributed by atoms with Gasteiger partial charge in [0, 0.05) is 12.6 Å². The number of hydrogen-bond donors (Lipinski definition) is 0. The lowest BCUT2D eigenvalue weighted by Crippen LogP contribution is -2.01. The van der Waals surface area contributed by atoms with Gasteiger partial charge in [-0.2, -0.15) is 0 Å². The van der Waals surface area contributed by atoms with E-state index in [2.05, 4.69) is 0 Å². The molecule has 98 valence electrons. The van der Waals surface area contributed by atoms with E-state index in [0.29, 0.717) is 11.3 Å². The molecular formula is C9H10F5NOS. The van der Waals surface area contributed by atoms with Gasteiger partial charge in [-0.25, -0.2) is 0 Å². The lowest BCUT2D eigenvalue weighted by atomic mass is 10.2. The van der Waals surface area contributed by atoms with Crippen molar-refractivity contribution in [3.05, 3.63) is 29.8 Å². The van der Waals surface area contributed by atoms with Crippen LogP contribution >= 0.6 is 10.4 Å². The van der Waals surface area contributed by atoms with E-state index >= 15 is 0 Å². The van der Waals surface area contributed by atoms with E-state index in [1.807, 2.05) is 0 Å². The van der Waals surface area contributed by atoms with Crippen LogP contribution in [0.15, 0.2) is 28.7 Å². The Morgan fingerprint density at radius 1 is 1.12 bits per heavy atom. The number of ether oxygens (including phenoxy) is 1. The molecule has 2 nitrogen and oxygen atoms in total. The molecule has 0 saturated carbocycles. The summed E-state index contributed by atoms with van der Waals surface area (Å²) in [4.78, 5) is 0. The molecule has 0 aromatic heterocycles. The molecular weight excluding hydrogens is 265 g/mol. The molecule has 0 aliphatic carbocycles. The van der Waals surface area contributed by atoms with Crippen molar-refractivity contribution in [1.29, 1.82) is 0 Å². The molecule has 8 heteroatoms. The fourth-order valence-corrected chi connectivity index (χ4v) is 1.40. The lowest BCUT2D eigenvalue weighted by molar-refractivity contribution is 0.367. The van der Waals surface area contributed by atoms with E-state index in [4.69, 9.17) is 4.74 Å². The largest absolute Gasteiger partial charge is 0.497 e. The van der Waals surface area contributed by atoms with Gasteiger partial charge >= 0.3 is 10.4 Å². The second kappa shape index (κ2) is 3.59. The average molecular weight is 275 g/mol.